The van der Waals surface area contributed by atoms with Crippen molar-refractivity contribution in [3.63, 3.8) is 0 Å². The smallest absolute Gasteiger partial charge is 0.415 e. The van der Waals surface area contributed by atoms with Crippen molar-refractivity contribution in [2.75, 3.05) is 4.90 Å². The van der Waals surface area contributed by atoms with E-state index in [9.17, 15) is 9.59 Å². The first-order valence-electron chi connectivity index (χ1n) is 6.07. The average molecular weight is 260 g/mol. The Hall–Kier alpha value is -2.30. The summed E-state index contributed by atoms with van der Waals surface area (Å²) in [5.74, 6) is -0.591. The van der Waals surface area contributed by atoms with Gasteiger partial charge in [-0.05, 0) is 25.5 Å². The lowest BCUT2D eigenvalue weighted by atomic mass is 10.0. The maximum Gasteiger partial charge on any atom is 0.415 e. The molecule has 1 atom stereocenters. The van der Waals surface area contributed by atoms with E-state index in [-0.39, 0.29) is 6.10 Å². The summed E-state index contributed by atoms with van der Waals surface area (Å²) in [7, 11) is 0. The Morgan fingerprint density at radius 1 is 1.32 bits per heavy atom. The molecule has 0 radical (unpaired) electrons. The third-order valence-corrected chi connectivity index (χ3v) is 2.76. The van der Waals surface area contributed by atoms with Gasteiger partial charge in [0.2, 0.25) is 5.91 Å². The first-order valence-corrected chi connectivity index (χ1v) is 6.07. The van der Waals surface area contributed by atoms with Gasteiger partial charge in [-0.3, -0.25) is 9.69 Å². The van der Waals surface area contributed by atoms with Crippen LogP contribution >= 0.6 is 0 Å². The molecule has 1 aromatic rings. The van der Waals surface area contributed by atoms with E-state index in [1.54, 1.807) is 38.1 Å². The second-order valence-corrected chi connectivity index (χ2v) is 4.57. The minimum Gasteiger partial charge on any atom is -0.446 e. The van der Waals surface area contributed by atoms with Gasteiger partial charge < -0.3 is 10.5 Å². The molecule has 1 heterocycles. The number of para-hydroxylation sites is 1. The summed E-state index contributed by atoms with van der Waals surface area (Å²) in [5.41, 5.74) is 6.82. The first kappa shape index (κ1) is 13.1. The average Bonchev–Trinajstić information content (AvgIpc) is 2.36. The van der Waals surface area contributed by atoms with E-state index in [1.807, 2.05) is 12.1 Å². The summed E-state index contributed by atoms with van der Waals surface area (Å²) in [6.45, 7) is 3.51. The van der Waals surface area contributed by atoms with Crippen molar-refractivity contribution in [3.8, 4) is 0 Å². The molecule has 0 aromatic heterocycles. The number of nitrogens with zero attached hydrogens (tertiary/aromatic N) is 1. The number of rotatable bonds is 2. The van der Waals surface area contributed by atoms with Crippen LogP contribution in [0.15, 0.2) is 30.3 Å². The molecule has 0 spiro atoms. The van der Waals surface area contributed by atoms with E-state index < -0.39 is 18.0 Å². The van der Waals surface area contributed by atoms with Crippen LogP contribution in [0.4, 0.5) is 10.5 Å². The highest BCUT2D eigenvalue weighted by Gasteiger charge is 2.32. The molecular weight excluding hydrogens is 244 g/mol. The molecule has 0 bridgehead atoms. The molecule has 1 aromatic carbocycles. The molecule has 2 N–H and O–H groups in total. The third kappa shape index (κ3) is 2.59. The summed E-state index contributed by atoms with van der Waals surface area (Å²) in [6.07, 6.45) is 2.55. The molecular formula is C14H16N2O3. The van der Waals surface area contributed by atoms with Gasteiger partial charge in [-0.2, -0.15) is 0 Å². The van der Waals surface area contributed by atoms with E-state index in [0.29, 0.717) is 5.69 Å². The minimum atomic E-state index is -0.818. The van der Waals surface area contributed by atoms with Crippen molar-refractivity contribution in [1.29, 1.82) is 0 Å². The minimum absolute atomic E-state index is 0.265. The molecule has 1 aliphatic rings. The second kappa shape index (κ2) is 5.14. The van der Waals surface area contributed by atoms with Gasteiger partial charge in [0, 0.05) is 0 Å². The number of hydrogen-bond donors (Lipinski definition) is 1. The van der Waals surface area contributed by atoms with E-state index in [2.05, 4.69) is 0 Å². The highest BCUT2D eigenvalue weighted by molar-refractivity contribution is 6.02. The second-order valence-electron chi connectivity index (χ2n) is 4.57. The highest BCUT2D eigenvalue weighted by Crippen LogP contribution is 2.29. The van der Waals surface area contributed by atoms with Crippen LogP contribution in [0.3, 0.4) is 0 Å². The number of carbonyl (C=O) groups excluding carboxylic acids is 2. The number of amides is 2. The molecule has 0 saturated heterocycles. The fraction of sp³-hybridized carbons (Fsp3) is 0.286. The molecule has 2 rings (SSSR count). The van der Waals surface area contributed by atoms with Gasteiger partial charge >= 0.3 is 6.09 Å². The van der Waals surface area contributed by atoms with Crippen molar-refractivity contribution in [1.82, 2.24) is 0 Å². The Balaban J connectivity index is 2.42. The van der Waals surface area contributed by atoms with E-state index in [4.69, 9.17) is 10.5 Å². The van der Waals surface area contributed by atoms with Gasteiger partial charge in [-0.25, -0.2) is 4.79 Å². The van der Waals surface area contributed by atoms with Gasteiger partial charge in [0.1, 0.15) is 6.04 Å². The summed E-state index contributed by atoms with van der Waals surface area (Å²) in [4.78, 5) is 24.9. The quantitative estimate of drug-likeness (QED) is 0.882. The summed E-state index contributed by atoms with van der Waals surface area (Å²) < 4.78 is 5.17. The molecule has 5 nitrogen and oxygen atoms in total. The monoisotopic (exact) mass is 260 g/mol. The van der Waals surface area contributed by atoms with Crippen LogP contribution in [0, 0.1) is 0 Å². The van der Waals surface area contributed by atoms with Crippen LogP contribution in [0.5, 0.6) is 0 Å². The molecule has 0 fully saturated rings. The Morgan fingerprint density at radius 3 is 2.63 bits per heavy atom. The topological polar surface area (TPSA) is 72.6 Å². The molecule has 100 valence electrons. The van der Waals surface area contributed by atoms with Crippen LogP contribution in [0.2, 0.25) is 0 Å². The highest BCUT2D eigenvalue weighted by atomic mass is 16.6. The van der Waals surface area contributed by atoms with Crippen LogP contribution in [-0.4, -0.2) is 24.1 Å². The number of benzene rings is 1. The third-order valence-electron chi connectivity index (χ3n) is 2.76. The summed E-state index contributed by atoms with van der Waals surface area (Å²) in [5, 5.41) is 0. The Morgan fingerprint density at radius 2 is 2.00 bits per heavy atom. The Kier molecular flexibility index (Phi) is 3.55. The van der Waals surface area contributed by atoms with Crippen molar-refractivity contribution >= 4 is 23.8 Å². The number of ether oxygens (including phenoxy) is 1. The molecule has 5 heteroatoms. The zero-order valence-electron chi connectivity index (χ0n) is 10.9. The fourth-order valence-electron chi connectivity index (χ4n) is 1.97. The van der Waals surface area contributed by atoms with Crippen LogP contribution in [0.1, 0.15) is 19.4 Å². The number of anilines is 1. The van der Waals surface area contributed by atoms with Crippen molar-refractivity contribution in [3.05, 3.63) is 35.9 Å². The molecule has 19 heavy (non-hydrogen) atoms. The van der Waals surface area contributed by atoms with E-state index in [1.165, 1.54) is 4.90 Å². The lowest BCUT2D eigenvalue weighted by molar-refractivity contribution is -0.118. The predicted molar refractivity (Wildman–Crippen MR) is 72.6 cm³/mol. The number of hydrogen-bond acceptors (Lipinski definition) is 3. The predicted octanol–water partition coefficient (Wildman–Crippen LogP) is 1.92. The molecule has 1 aliphatic heterocycles. The van der Waals surface area contributed by atoms with Crippen LogP contribution < -0.4 is 10.6 Å². The summed E-state index contributed by atoms with van der Waals surface area (Å²) in [6, 6.07) is 6.46. The van der Waals surface area contributed by atoms with Gasteiger partial charge in [0.25, 0.3) is 0 Å². The molecule has 0 saturated carbocycles. The number of nitrogens with two attached hydrogens (primary N) is 1. The maximum absolute atomic E-state index is 12.1. The lowest BCUT2D eigenvalue weighted by Gasteiger charge is -2.31. The SMILES string of the molecule is CC(C)OC(=O)N1c2ccccc2C=CC1C(N)=O. The van der Waals surface area contributed by atoms with Crippen molar-refractivity contribution in [2.45, 2.75) is 26.0 Å². The number of primary amides is 1. The number of carbonyl (C=O) groups is 2. The largest absolute Gasteiger partial charge is 0.446 e. The zero-order valence-corrected chi connectivity index (χ0v) is 10.9. The molecule has 0 aliphatic carbocycles. The Labute approximate surface area is 111 Å². The van der Waals surface area contributed by atoms with Crippen LogP contribution in [-0.2, 0) is 9.53 Å². The van der Waals surface area contributed by atoms with Gasteiger partial charge in [-0.15, -0.1) is 0 Å². The van der Waals surface area contributed by atoms with Gasteiger partial charge in [0.15, 0.2) is 0 Å². The van der Waals surface area contributed by atoms with Crippen molar-refractivity contribution in [2.24, 2.45) is 5.73 Å². The number of fused-ring (bicyclic) bond motifs is 1. The normalized spacial score (nSPS) is 17.2. The van der Waals surface area contributed by atoms with E-state index in [0.717, 1.165) is 5.56 Å². The zero-order chi connectivity index (χ0) is 14.0. The van der Waals surface area contributed by atoms with Gasteiger partial charge in [0.05, 0.1) is 11.8 Å². The first-order chi connectivity index (χ1) is 9.00. The van der Waals surface area contributed by atoms with E-state index >= 15 is 0 Å². The molecule has 1 unspecified atom stereocenters. The fourth-order valence-corrected chi connectivity index (χ4v) is 1.97. The van der Waals surface area contributed by atoms with Crippen molar-refractivity contribution < 1.29 is 14.3 Å². The standard InChI is InChI=1S/C14H16N2O3/c1-9(2)19-14(18)16-11-6-4-3-5-10(11)7-8-12(16)13(15)17/h3-9,12H,1-2H3,(H2,15,17). The maximum atomic E-state index is 12.1. The Bertz CT molecular complexity index is 537. The lowest BCUT2D eigenvalue weighted by Crippen LogP contribution is -2.49. The molecule has 2 amide bonds. The van der Waals surface area contributed by atoms with Crippen LogP contribution in [0.25, 0.3) is 6.08 Å². The van der Waals surface area contributed by atoms with Gasteiger partial charge in [-0.1, -0.05) is 30.4 Å². The summed E-state index contributed by atoms with van der Waals surface area (Å²) >= 11 is 0.